The van der Waals surface area contributed by atoms with E-state index in [1.807, 2.05) is 0 Å². The fourth-order valence-corrected chi connectivity index (χ4v) is 1.64. The number of fused-ring (bicyclic) bond motifs is 1. The molecule has 2 nitrogen and oxygen atoms in total. The lowest BCUT2D eigenvalue weighted by Crippen LogP contribution is -2.26. The topological polar surface area (TPSA) is 35.2 Å². The first kappa shape index (κ1) is 4.77. The van der Waals surface area contributed by atoms with Crippen molar-refractivity contribution in [2.24, 2.45) is 17.6 Å². The van der Waals surface area contributed by atoms with Gasteiger partial charge in [0, 0.05) is 17.4 Å². The van der Waals surface area contributed by atoms with E-state index in [2.05, 4.69) is 6.92 Å². The van der Waals surface area contributed by atoms with Crippen molar-refractivity contribution in [3.8, 4) is 0 Å². The second-order valence-electron chi connectivity index (χ2n) is 3.12. The zero-order valence-corrected chi connectivity index (χ0v) is 5.05. The van der Waals surface area contributed by atoms with Crippen molar-refractivity contribution >= 4 is 0 Å². The van der Waals surface area contributed by atoms with Crippen LogP contribution in [0, 0.1) is 11.8 Å². The zero-order chi connectivity index (χ0) is 5.78. The number of rotatable bonds is 0. The number of hydrogen-bond donors (Lipinski definition) is 1. The minimum Gasteiger partial charge on any atom is -0.381 e. The molecule has 1 aliphatic carbocycles. The minimum atomic E-state index is 0.137. The van der Waals surface area contributed by atoms with Gasteiger partial charge in [-0.2, -0.15) is 0 Å². The summed E-state index contributed by atoms with van der Waals surface area (Å²) < 4.78 is 5.16. The van der Waals surface area contributed by atoms with Crippen LogP contribution in [0.5, 0.6) is 0 Å². The summed E-state index contributed by atoms with van der Waals surface area (Å²) in [6.45, 7) is 3.92. The van der Waals surface area contributed by atoms with Crippen LogP contribution >= 0.6 is 0 Å². The first-order chi connectivity index (χ1) is 3.73. The maximum Gasteiger partial charge on any atom is 0.0516 e. The van der Waals surface area contributed by atoms with Gasteiger partial charge in [0.2, 0.25) is 0 Å². The molecule has 2 rings (SSSR count). The standard InChI is InChI=1S/C6H11NO/c1-6(7)4-2-8-3-5(4)6/h4-5H,2-3,7H2,1H3/t4-,5?,6?/m0/s1. The summed E-state index contributed by atoms with van der Waals surface area (Å²) in [5.74, 6) is 1.37. The molecule has 2 unspecified atom stereocenters. The van der Waals surface area contributed by atoms with Crippen molar-refractivity contribution in [3.63, 3.8) is 0 Å². The van der Waals surface area contributed by atoms with Crippen LogP contribution < -0.4 is 5.73 Å². The van der Waals surface area contributed by atoms with E-state index in [1.165, 1.54) is 0 Å². The van der Waals surface area contributed by atoms with Crippen LogP contribution in [0.15, 0.2) is 0 Å². The highest BCUT2D eigenvalue weighted by molar-refractivity contribution is 5.15. The zero-order valence-electron chi connectivity index (χ0n) is 5.05. The Balaban J connectivity index is 2.13. The van der Waals surface area contributed by atoms with Crippen molar-refractivity contribution < 1.29 is 4.74 Å². The fraction of sp³-hybridized carbons (Fsp3) is 1.00. The highest BCUT2D eigenvalue weighted by Crippen LogP contribution is 2.51. The van der Waals surface area contributed by atoms with Gasteiger partial charge in [-0.15, -0.1) is 0 Å². The average molecular weight is 113 g/mol. The highest BCUT2D eigenvalue weighted by atomic mass is 16.5. The third-order valence-electron chi connectivity index (χ3n) is 2.57. The molecule has 2 fully saturated rings. The number of hydrogen-bond acceptors (Lipinski definition) is 2. The van der Waals surface area contributed by atoms with Crippen LogP contribution in [-0.4, -0.2) is 18.8 Å². The van der Waals surface area contributed by atoms with E-state index in [9.17, 15) is 0 Å². The molecule has 0 amide bonds. The van der Waals surface area contributed by atoms with E-state index in [-0.39, 0.29) is 5.54 Å². The average Bonchev–Trinajstić information content (AvgIpc) is 2.22. The molecular formula is C6H11NO. The molecular weight excluding hydrogens is 102 g/mol. The quantitative estimate of drug-likeness (QED) is 0.479. The van der Waals surface area contributed by atoms with Gasteiger partial charge in [-0.3, -0.25) is 0 Å². The number of nitrogens with two attached hydrogens (primary N) is 1. The molecule has 0 radical (unpaired) electrons. The van der Waals surface area contributed by atoms with Gasteiger partial charge in [0.15, 0.2) is 0 Å². The van der Waals surface area contributed by atoms with Crippen molar-refractivity contribution in [1.82, 2.24) is 0 Å². The Kier molecular flexibility index (Phi) is 0.649. The Morgan fingerprint density at radius 3 is 2.25 bits per heavy atom. The van der Waals surface area contributed by atoms with Gasteiger partial charge in [0.05, 0.1) is 13.2 Å². The highest BCUT2D eigenvalue weighted by Gasteiger charge is 2.61. The second kappa shape index (κ2) is 1.09. The van der Waals surface area contributed by atoms with E-state index in [0.29, 0.717) is 11.8 Å². The molecule has 2 aliphatic rings. The van der Waals surface area contributed by atoms with E-state index in [4.69, 9.17) is 10.5 Å². The predicted molar refractivity (Wildman–Crippen MR) is 30.4 cm³/mol. The molecule has 46 valence electrons. The molecule has 0 aromatic carbocycles. The molecule has 0 spiro atoms. The first-order valence-electron chi connectivity index (χ1n) is 3.09. The summed E-state index contributed by atoms with van der Waals surface area (Å²) >= 11 is 0. The van der Waals surface area contributed by atoms with Crippen LogP contribution in [0.3, 0.4) is 0 Å². The Bertz CT molecular complexity index is 110. The minimum absolute atomic E-state index is 0.137. The van der Waals surface area contributed by atoms with Crippen LogP contribution in [-0.2, 0) is 4.74 Å². The molecule has 1 saturated carbocycles. The maximum atomic E-state index is 5.83. The Morgan fingerprint density at radius 1 is 1.50 bits per heavy atom. The van der Waals surface area contributed by atoms with Crippen molar-refractivity contribution in [2.45, 2.75) is 12.5 Å². The first-order valence-corrected chi connectivity index (χ1v) is 3.09. The Morgan fingerprint density at radius 2 is 2.00 bits per heavy atom. The molecule has 1 aliphatic heterocycles. The van der Waals surface area contributed by atoms with E-state index in [1.54, 1.807) is 0 Å². The number of ether oxygens (including phenoxy) is 1. The van der Waals surface area contributed by atoms with Crippen LogP contribution in [0.25, 0.3) is 0 Å². The normalized spacial score (nSPS) is 60.8. The van der Waals surface area contributed by atoms with E-state index in [0.717, 1.165) is 13.2 Å². The molecule has 2 N–H and O–H groups in total. The lowest BCUT2D eigenvalue weighted by atomic mass is 10.2. The third kappa shape index (κ3) is 0.361. The maximum absolute atomic E-state index is 5.83. The molecule has 3 atom stereocenters. The van der Waals surface area contributed by atoms with Gasteiger partial charge < -0.3 is 10.5 Å². The summed E-state index contributed by atoms with van der Waals surface area (Å²) in [5.41, 5.74) is 5.97. The molecule has 2 heteroatoms. The van der Waals surface area contributed by atoms with Gasteiger partial charge in [-0.25, -0.2) is 0 Å². The molecule has 0 aromatic rings. The van der Waals surface area contributed by atoms with Gasteiger partial charge in [-0.05, 0) is 6.92 Å². The predicted octanol–water partition coefficient (Wildman–Crippen LogP) is -0.0200. The van der Waals surface area contributed by atoms with Crippen LogP contribution in [0.1, 0.15) is 6.92 Å². The summed E-state index contributed by atoms with van der Waals surface area (Å²) in [6.07, 6.45) is 0. The third-order valence-corrected chi connectivity index (χ3v) is 2.57. The molecule has 1 heterocycles. The Hall–Kier alpha value is -0.0800. The fourth-order valence-electron chi connectivity index (χ4n) is 1.64. The van der Waals surface area contributed by atoms with Crippen molar-refractivity contribution in [2.75, 3.05) is 13.2 Å². The lowest BCUT2D eigenvalue weighted by molar-refractivity contribution is 0.147. The summed E-state index contributed by atoms with van der Waals surface area (Å²) in [5, 5.41) is 0. The monoisotopic (exact) mass is 113 g/mol. The smallest absolute Gasteiger partial charge is 0.0516 e. The summed E-state index contributed by atoms with van der Waals surface area (Å²) in [7, 11) is 0. The van der Waals surface area contributed by atoms with E-state index >= 15 is 0 Å². The van der Waals surface area contributed by atoms with E-state index < -0.39 is 0 Å². The van der Waals surface area contributed by atoms with Crippen molar-refractivity contribution in [3.05, 3.63) is 0 Å². The molecule has 1 saturated heterocycles. The molecule has 8 heavy (non-hydrogen) atoms. The molecule has 0 aromatic heterocycles. The van der Waals surface area contributed by atoms with Crippen molar-refractivity contribution in [1.29, 1.82) is 0 Å². The summed E-state index contributed by atoms with van der Waals surface area (Å²) in [6, 6.07) is 0. The van der Waals surface area contributed by atoms with Gasteiger partial charge in [0.1, 0.15) is 0 Å². The van der Waals surface area contributed by atoms with Crippen LogP contribution in [0.4, 0.5) is 0 Å². The van der Waals surface area contributed by atoms with Gasteiger partial charge in [0.25, 0.3) is 0 Å². The second-order valence-corrected chi connectivity index (χ2v) is 3.12. The SMILES string of the molecule is CC1(N)C2COC[C@@H]21. The van der Waals surface area contributed by atoms with Gasteiger partial charge >= 0.3 is 0 Å². The summed E-state index contributed by atoms with van der Waals surface area (Å²) in [4.78, 5) is 0. The molecule has 0 bridgehead atoms. The largest absolute Gasteiger partial charge is 0.381 e. The van der Waals surface area contributed by atoms with Crippen LogP contribution in [0.2, 0.25) is 0 Å². The lowest BCUT2D eigenvalue weighted by Gasteiger charge is -2.06. The van der Waals surface area contributed by atoms with Gasteiger partial charge in [-0.1, -0.05) is 0 Å². The Labute approximate surface area is 49.0 Å².